The van der Waals surface area contributed by atoms with Crippen LogP contribution in [0.4, 0.5) is 11.4 Å². The summed E-state index contributed by atoms with van der Waals surface area (Å²) in [6.45, 7) is 9.43. The molecule has 5 nitrogen and oxygen atoms in total. The van der Waals surface area contributed by atoms with E-state index in [1.807, 2.05) is 44.2 Å². The highest BCUT2D eigenvalue weighted by Gasteiger charge is 2.18. The lowest BCUT2D eigenvalue weighted by molar-refractivity contribution is 0.102. The van der Waals surface area contributed by atoms with Crippen molar-refractivity contribution >= 4 is 17.3 Å². The number of nitrogens with one attached hydrogen (secondary N) is 1. The molecular formula is C24H27N3O2. The summed E-state index contributed by atoms with van der Waals surface area (Å²) in [6.07, 6.45) is 0. The van der Waals surface area contributed by atoms with Crippen molar-refractivity contribution in [2.45, 2.75) is 20.8 Å². The largest absolute Gasteiger partial charge is 0.378 e. The number of hydrogen-bond donors (Lipinski definition) is 1. The highest BCUT2D eigenvalue weighted by Crippen LogP contribution is 2.25. The number of aromatic nitrogens is 1. The van der Waals surface area contributed by atoms with Crippen LogP contribution in [0.15, 0.2) is 54.6 Å². The lowest BCUT2D eigenvalue weighted by Gasteiger charge is -2.28. The van der Waals surface area contributed by atoms with Gasteiger partial charge in [0.2, 0.25) is 0 Å². The molecule has 1 saturated heterocycles. The maximum absolute atomic E-state index is 13.0. The molecule has 0 saturated carbocycles. The number of nitrogens with zero attached hydrogens (tertiary/aromatic N) is 2. The summed E-state index contributed by atoms with van der Waals surface area (Å²) < 4.78 is 7.55. The van der Waals surface area contributed by atoms with E-state index < -0.39 is 0 Å². The highest BCUT2D eigenvalue weighted by atomic mass is 16.5. The van der Waals surface area contributed by atoms with E-state index in [4.69, 9.17) is 4.74 Å². The molecule has 0 spiro atoms. The molecule has 3 aromatic rings. The molecule has 150 valence electrons. The zero-order valence-corrected chi connectivity index (χ0v) is 17.2. The van der Waals surface area contributed by atoms with Gasteiger partial charge in [0.15, 0.2) is 0 Å². The van der Waals surface area contributed by atoms with Crippen molar-refractivity contribution in [2.75, 3.05) is 36.5 Å². The third-order valence-corrected chi connectivity index (χ3v) is 5.53. The lowest BCUT2D eigenvalue weighted by Crippen LogP contribution is -2.36. The first-order chi connectivity index (χ1) is 14.0. The molecule has 1 amide bonds. The second-order valence-electron chi connectivity index (χ2n) is 7.51. The number of benzene rings is 2. The van der Waals surface area contributed by atoms with Gasteiger partial charge in [-0.05, 0) is 62.7 Å². The summed E-state index contributed by atoms with van der Waals surface area (Å²) in [5.74, 6) is -0.0861. The number of para-hydroxylation sites is 1. The van der Waals surface area contributed by atoms with Crippen LogP contribution >= 0.6 is 0 Å². The second kappa shape index (κ2) is 8.13. The summed E-state index contributed by atoms with van der Waals surface area (Å²) in [5.41, 5.74) is 6.93. The maximum Gasteiger partial charge on any atom is 0.257 e. The van der Waals surface area contributed by atoms with Crippen molar-refractivity contribution in [3.63, 3.8) is 0 Å². The fraction of sp³-hybridized carbons (Fsp3) is 0.292. The molecule has 0 bridgehead atoms. The van der Waals surface area contributed by atoms with Crippen LogP contribution in [-0.4, -0.2) is 36.8 Å². The van der Waals surface area contributed by atoms with E-state index in [1.165, 1.54) is 5.56 Å². The van der Waals surface area contributed by atoms with Gasteiger partial charge in [-0.3, -0.25) is 4.79 Å². The topological polar surface area (TPSA) is 46.5 Å². The number of anilines is 2. The van der Waals surface area contributed by atoms with Crippen LogP contribution in [0.1, 0.15) is 27.3 Å². The Labute approximate surface area is 171 Å². The number of carbonyl (C=O) groups excluding carboxylic acids is 1. The monoisotopic (exact) mass is 389 g/mol. The molecule has 2 aromatic carbocycles. The number of amides is 1. The molecule has 1 aliphatic heterocycles. The molecule has 2 heterocycles. The summed E-state index contributed by atoms with van der Waals surface area (Å²) in [5, 5.41) is 3.04. The van der Waals surface area contributed by atoms with Gasteiger partial charge in [-0.1, -0.05) is 18.2 Å². The smallest absolute Gasteiger partial charge is 0.257 e. The third kappa shape index (κ3) is 3.91. The summed E-state index contributed by atoms with van der Waals surface area (Å²) >= 11 is 0. The first kappa shape index (κ1) is 19.3. The first-order valence-corrected chi connectivity index (χ1v) is 10.0. The van der Waals surface area contributed by atoms with Crippen LogP contribution in [0.2, 0.25) is 0 Å². The van der Waals surface area contributed by atoms with Gasteiger partial charge in [-0.2, -0.15) is 0 Å². The van der Waals surface area contributed by atoms with E-state index in [0.717, 1.165) is 54.8 Å². The Hall–Kier alpha value is -3.05. The van der Waals surface area contributed by atoms with Crippen molar-refractivity contribution in [1.82, 2.24) is 4.57 Å². The molecule has 1 fully saturated rings. The number of ether oxygens (including phenoxy) is 1. The fourth-order valence-electron chi connectivity index (χ4n) is 3.95. The van der Waals surface area contributed by atoms with Crippen molar-refractivity contribution < 1.29 is 9.53 Å². The van der Waals surface area contributed by atoms with Crippen molar-refractivity contribution in [1.29, 1.82) is 0 Å². The van der Waals surface area contributed by atoms with E-state index in [0.29, 0.717) is 5.56 Å². The Morgan fingerprint density at radius 2 is 1.66 bits per heavy atom. The number of hydrogen-bond acceptors (Lipinski definition) is 3. The third-order valence-electron chi connectivity index (χ3n) is 5.53. The summed E-state index contributed by atoms with van der Waals surface area (Å²) in [4.78, 5) is 15.2. The van der Waals surface area contributed by atoms with Gasteiger partial charge < -0.3 is 19.5 Å². The Balaban J connectivity index is 1.53. The highest BCUT2D eigenvalue weighted by molar-refractivity contribution is 6.05. The number of rotatable bonds is 4. The number of aryl methyl sites for hydroxylation is 2. The molecule has 0 radical (unpaired) electrons. The Morgan fingerprint density at radius 1 is 0.966 bits per heavy atom. The van der Waals surface area contributed by atoms with Crippen molar-refractivity contribution in [2.24, 2.45) is 0 Å². The van der Waals surface area contributed by atoms with Gasteiger partial charge in [-0.25, -0.2) is 0 Å². The fourth-order valence-corrected chi connectivity index (χ4v) is 3.95. The van der Waals surface area contributed by atoms with Crippen LogP contribution in [-0.2, 0) is 4.74 Å². The van der Waals surface area contributed by atoms with Gasteiger partial charge in [-0.15, -0.1) is 0 Å². The van der Waals surface area contributed by atoms with Gasteiger partial charge in [0.05, 0.1) is 18.8 Å². The van der Waals surface area contributed by atoms with Gasteiger partial charge in [0, 0.05) is 41.5 Å². The van der Waals surface area contributed by atoms with E-state index in [-0.39, 0.29) is 5.91 Å². The minimum absolute atomic E-state index is 0.0861. The standard InChI is InChI=1S/C24H27N3O2/c1-17-6-4-5-7-23(17)27-18(2)16-22(19(27)3)24(28)25-20-8-10-21(11-9-20)26-12-14-29-15-13-26/h4-11,16H,12-15H2,1-3H3,(H,25,28). The number of carbonyl (C=O) groups is 1. The maximum atomic E-state index is 13.0. The average Bonchev–Trinajstić information content (AvgIpc) is 3.04. The molecule has 1 aromatic heterocycles. The molecule has 0 atom stereocenters. The predicted molar refractivity (Wildman–Crippen MR) is 117 cm³/mol. The van der Waals surface area contributed by atoms with Crippen LogP contribution < -0.4 is 10.2 Å². The first-order valence-electron chi connectivity index (χ1n) is 10.0. The van der Waals surface area contributed by atoms with Crippen molar-refractivity contribution in [3.05, 3.63) is 77.1 Å². The quantitative estimate of drug-likeness (QED) is 0.715. The molecule has 0 unspecified atom stereocenters. The van der Waals surface area contributed by atoms with Crippen molar-refractivity contribution in [3.8, 4) is 5.69 Å². The van der Waals surface area contributed by atoms with Crippen LogP contribution in [0.3, 0.4) is 0 Å². The number of morpholine rings is 1. The zero-order chi connectivity index (χ0) is 20.4. The zero-order valence-electron chi connectivity index (χ0n) is 17.2. The van der Waals surface area contributed by atoms with Gasteiger partial charge >= 0.3 is 0 Å². The van der Waals surface area contributed by atoms with Gasteiger partial charge in [0.25, 0.3) is 5.91 Å². The Bertz CT molecular complexity index is 1020. The molecule has 5 heteroatoms. The molecular weight excluding hydrogens is 362 g/mol. The molecule has 4 rings (SSSR count). The van der Waals surface area contributed by atoms with Crippen LogP contribution in [0.5, 0.6) is 0 Å². The van der Waals surface area contributed by atoms with Crippen LogP contribution in [0, 0.1) is 20.8 Å². The minimum Gasteiger partial charge on any atom is -0.378 e. The van der Waals surface area contributed by atoms with E-state index >= 15 is 0 Å². The molecule has 29 heavy (non-hydrogen) atoms. The minimum atomic E-state index is -0.0861. The second-order valence-corrected chi connectivity index (χ2v) is 7.51. The molecule has 1 aliphatic rings. The summed E-state index contributed by atoms with van der Waals surface area (Å²) in [7, 11) is 0. The van der Waals surface area contributed by atoms with E-state index in [1.54, 1.807) is 0 Å². The predicted octanol–water partition coefficient (Wildman–Crippen LogP) is 4.49. The normalized spacial score (nSPS) is 14.1. The van der Waals surface area contributed by atoms with E-state index in [2.05, 4.69) is 46.0 Å². The van der Waals surface area contributed by atoms with Gasteiger partial charge in [0.1, 0.15) is 0 Å². The molecule has 0 aliphatic carbocycles. The Kier molecular flexibility index (Phi) is 5.41. The SMILES string of the molecule is Cc1ccccc1-n1c(C)cc(C(=O)Nc2ccc(N3CCOCC3)cc2)c1C. The average molecular weight is 389 g/mol. The van der Waals surface area contributed by atoms with E-state index in [9.17, 15) is 4.79 Å². The van der Waals surface area contributed by atoms with Crippen LogP contribution in [0.25, 0.3) is 5.69 Å². The summed E-state index contributed by atoms with van der Waals surface area (Å²) in [6, 6.07) is 18.2. The lowest BCUT2D eigenvalue weighted by atomic mass is 10.2. The molecule has 1 N–H and O–H groups in total. The Morgan fingerprint density at radius 3 is 2.34 bits per heavy atom.